The number of halogens is 2. The maximum atomic E-state index is 12.0. The number of nitrogens with one attached hydrogen (secondary N) is 1. The third-order valence-corrected chi connectivity index (χ3v) is 6.33. The molecule has 1 aromatic rings. The van der Waals surface area contributed by atoms with Crippen molar-refractivity contribution < 1.29 is 13.2 Å². The van der Waals surface area contributed by atoms with Gasteiger partial charge in [0.25, 0.3) is 5.91 Å². The molecule has 1 saturated heterocycles. The number of benzene rings is 1. The lowest BCUT2D eigenvalue weighted by Gasteiger charge is -2.12. The first-order chi connectivity index (χ1) is 9.31. The molecule has 1 amide bonds. The van der Waals surface area contributed by atoms with Gasteiger partial charge in [0.1, 0.15) is 0 Å². The Morgan fingerprint density at radius 1 is 1.40 bits per heavy atom. The summed E-state index contributed by atoms with van der Waals surface area (Å²) >= 11 is 11.8. The molecule has 1 heterocycles. The van der Waals surface area contributed by atoms with Crippen molar-refractivity contribution in [1.29, 1.82) is 0 Å². The number of anilines is 1. The van der Waals surface area contributed by atoms with Crippen molar-refractivity contribution in [3.63, 3.8) is 0 Å². The zero-order valence-electron chi connectivity index (χ0n) is 10.5. The first-order valence-electron chi connectivity index (χ1n) is 6.05. The molecule has 3 N–H and O–H groups in total. The molecule has 0 bridgehead atoms. The van der Waals surface area contributed by atoms with Crippen molar-refractivity contribution in [1.82, 2.24) is 5.32 Å². The number of nitrogen functional groups attached to an aromatic ring is 1. The lowest BCUT2D eigenvalue weighted by atomic mass is 10.2. The summed E-state index contributed by atoms with van der Waals surface area (Å²) in [5, 5.41) is 2.34. The summed E-state index contributed by atoms with van der Waals surface area (Å²) in [6.07, 6.45) is 1.20. The summed E-state index contributed by atoms with van der Waals surface area (Å²) in [5.41, 5.74) is 6.07. The highest BCUT2D eigenvalue weighted by atomic mass is 35.5. The van der Waals surface area contributed by atoms with Crippen LogP contribution in [0.25, 0.3) is 0 Å². The first kappa shape index (κ1) is 15.4. The summed E-state index contributed by atoms with van der Waals surface area (Å²) in [4.78, 5) is 12.0. The van der Waals surface area contributed by atoms with Crippen LogP contribution in [0.3, 0.4) is 0 Å². The fourth-order valence-corrected chi connectivity index (χ4v) is 4.35. The van der Waals surface area contributed by atoms with Crippen molar-refractivity contribution in [2.75, 3.05) is 18.0 Å². The number of hydrogen-bond donors (Lipinski definition) is 2. The summed E-state index contributed by atoms with van der Waals surface area (Å²) < 4.78 is 23.3. The Labute approximate surface area is 127 Å². The predicted molar refractivity (Wildman–Crippen MR) is 80.0 cm³/mol. The molecular formula is C12H14Cl2N2O3S. The molecule has 0 saturated carbocycles. The Morgan fingerprint density at radius 2 is 2.10 bits per heavy atom. The molecule has 0 aliphatic carbocycles. The van der Waals surface area contributed by atoms with Crippen LogP contribution < -0.4 is 11.1 Å². The van der Waals surface area contributed by atoms with Gasteiger partial charge < -0.3 is 11.1 Å². The second-order valence-electron chi connectivity index (χ2n) is 4.71. The lowest BCUT2D eigenvalue weighted by Crippen LogP contribution is -2.34. The molecule has 1 aliphatic heterocycles. The van der Waals surface area contributed by atoms with Crippen molar-refractivity contribution >= 4 is 44.6 Å². The standard InChI is InChI=1S/C12H14Cl2N2O3S/c13-10-5-7(15)4-9(11(10)14)12(17)16-6-8-2-1-3-20(8,18)19/h4-5,8H,1-3,6,15H2,(H,16,17). The Kier molecular flexibility index (Phi) is 4.46. The number of rotatable bonds is 3. The number of amides is 1. The van der Waals surface area contributed by atoms with E-state index in [9.17, 15) is 13.2 Å². The molecule has 1 fully saturated rings. The van der Waals surface area contributed by atoms with Crippen molar-refractivity contribution in [3.05, 3.63) is 27.7 Å². The van der Waals surface area contributed by atoms with Gasteiger partial charge in [-0.2, -0.15) is 0 Å². The zero-order valence-corrected chi connectivity index (χ0v) is 12.9. The first-order valence-corrected chi connectivity index (χ1v) is 8.52. The van der Waals surface area contributed by atoms with Crippen LogP contribution in [0.1, 0.15) is 23.2 Å². The molecule has 1 unspecified atom stereocenters. The van der Waals surface area contributed by atoms with Gasteiger partial charge in [0, 0.05) is 12.2 Å². The summed E-state index contributed by atoms with van der Waals surface area (Å²) in [7, 11) is -3.09. The molecule has 110 valence electrons. The average Bonchev–Trinajstić information content (AvgIpc) is 2.70. The molecule has 1 aliphatic rings. The lowest BCUT2D eigenvalue weighted by molar-refractivity contribution is 0.0954. The average molecular weight is 337 g/mol. The number of sulfone groups is 1. The second-order valence-corrected chi connectivity index (χ2v) is 7.89. The van der Waals surface area contributed by atoms with Crippen LogP contribution in [0.4, 0.5) is 5.69 Å². The molecule has 5 nitrogen and oxygen atoms in total. The molecule has 0 spiro atoms. The molecule has 1 aromatic carbocycles. The van der Waals surface area contributed by atoms with Crippen molar-refractivity contribution in [2.45, 2.75) is 18.1 Å². The molecule has 0 radical (unpaired) electrons. The van der Waals surface area contributed by atoms with Gasteiger partial charge in [-0.25, -0.2) is 8.42 Å². The normalized spacial score (nSPS) is 20.8. The van der Waals surface area contributed by atoms with E-state index in [0.717, 1.165) is 0 Å². The van der Waals surface area contributed by atoms with E-state index in [1.807, 2.05) is 0 Å². The van der Waals surface area contributed by atoms with Gasteiger partial charge in [0.2, 0.25) is 0 Å². The molecule has 8 heteroatoms. The van der Waals surface area contributed by atoms with Gasteiger partial charge in [0.15, 0.2) is 9.84 Å². The Hall–Kier alpha value is -0.980. The predicted octanol–water partition coefficient (Wildman–Crippen LogP) is 1.88. The fraction of sp³-hybridized carbons (Fsp3) is 0.417. The quantitative estimate of drug-likeness (QED) is 0.824. The SMILES string of the molecule is Nc1cc(Cl)c(Cl)c(C(=O)NCC2CCCS2(=O)=O)c1. The molecule has 20 heavy (non-hydrogen) atoms. The van der Waals surface area contributed by atoms with E-state index in [1.165, 1.54) is 12.1 Å². The fourth-order valence-electron chi connectivity index (χ4n) is 2.16. The van der Waals surface area contributed by atoms with E-state index in [0.29, 0.717) is 18.5 Å². The maximum absolute atomic E-state index is 12.0. The van der Waals surface area contributed by atoms with Crippen LogP contribution in [0, 0.1) is 0 Å². The number of carbonyl (C=O) groups is 1. The van der Waals surface area contributed by atoms with Crippen LogP contribution >= 0.6 is 23.2 Å². The van der Waals surface area contributed by atoms with Crippen LogP contribution in [0.5, 0.6) is 0 Å². The molecule has 1 atom stereocenters. The smallest absolute Gasteiger partial charge is 0.252 e. The highest BCUT2D eigenvalue weighted by molar-refractivity contribution is 7.92. The van der Waals surface area contributed by atoms with Crippen LogP contribution in [-0.2, 0) is 9.84 Å². The minimum absolute atomic E-state index is 0.0733. The Balaban J connectivity index is 2.10. The van der Waals surface area contributed by atoms with Gasteiger partial charge in [-0.1, -0.05) is 23.2 Å². The van der Waals surface area contributed by atoms with E-state index in [1.54, 1.807) is 0 Å². The van der Waals surface area contributed by atoms with E-state index >= 15 is 0 Å². The van der Waals surface area contributed by atoms with Gasteiger partial charge in [-0.05, 0) is 25.0 Å². The molecular weight excluding hydrogens is 323 g/mol. The topological polar surface area (TPSA) is 89.3 Å². The van der Waals surface area contributed by atoms with Gasteiger partial charge in [-0.3, -0.25) is 4.79 Å². The highest BCUT2D eigenvalue weighted by Gasteiger charge is 2.31. The highest BCUT2D eigenvalue weighted by Crippen LogP contribution is 2.28. The second kappa shape index (κ2) is 5.79. The Bertz CT molecular complexity index is 646. The molecule has 2 rings (SSSR count). The van der Waals surface area contributed by atoms with Crippen LogP contribution in [0.15, 0.2) is 12.1 Å². The van der Waals surface area contributed by atoms with Gasteiger partial charge in [0.05, 0.1) is 26.6 Å². The van der Waals surface area contributed by atoms with Crippen LogP contribution in [-0.4, -0.2) is 31.9 Å². The van der Waals surface area contributed by atoms with Gasteiger partial charge >= 0.3 is 0 Å². The Morgan fingerprint density at radius 3 is 2.70 bits per heavy atom. The minimum atomic E-state index is -3.09. The largest absolute Gasteiger partial charge is 0.399 e. The van der Waals surface area contributed by atoms with Crippen molar-refractivity contribution in [2.24, 2.45) is 0 Å². The van der Waals surface area contributed by atoms with Gasteiger partial charge in [-0.15, -0.1) is 0 Å². The van der Waals surface area contributed by atoms with Crippen LogP contribution in [0.2, 0.25) is 10.0 Å². The zero-order chi connectivity index (χ0) is 14.9. The summed E-state index contributed by atoms with van der Waals surface area (Å²) in [6, 6.07) is 2.86. The van der Waals surface area contributed by atoms with E-state index in [-0.39, 0.29) is 27.9 Å². The van der Waals surface area contributed by atoms with Crippen molar-refractivity contribution in [3.8, 4) is 0 Å². The minimum Gasteiger partial charge on any atom is -0.399 e. The van der Waals surface area contributed by atoms with E-state index in [4.69, 9.17) is 28.9 Å². The van der Waals surface area contributed by atoms with E-state index in [2.05, 4.69) is 5.32 Å². The van der Waals surface area contributed by atoms with E-state index < -0.39 is 21.0 Å². The molecule has 0 aromatic heterocycles. The third kappa shape index (κ3) is 3.19. The third-order valence-electron chi connectivity index (χ3n) is 3.25. The summed E-state index contributed by atoms with van der Waals surface area (Å²) in [6.45, 7) is 0.0733. The number of hydrogen-bond acceptors (Lipinski definition) is 4. The maximum Gasteiger partial charge on any atom is 0.252 e. The number of nitrogens with two attached hydrogens (primary N) is 1. The number of carbonyl (C=O) groups excluding carboxylic acids is 1. The monoisotopic (exact) mass is 336 g/mol. The summed E-state index contributed by atoms with van der Waals surface area (Å²) in [5.74, 6) is -0.301.